The minimum Gasteiger partial charge on any atom is -0.448 e. The summed E-state index contributed by atoms with van der Waals surface area (Å²) >= 11 is 0. The Labute approximate surface area is 205 Å². The lowest BCUT2D eigenvalue weighted by molar-refractivity contribution is 0.187. The summed E-state index contributed by atoms with van der Waals surface area (Å²) in [5.41, 5.74) is 8.64. The Morgan fingerprint density at radius 2 is 2.00 bits per heavy atom. The summed E-state index contributed by atoms with van der Waals surface area (Å²) in [6.07, 6.45) is 10.4. The van der Waals surface area contributed by atoms with Gasteiger partial charge in [-0.05, 0) is 79.1 Å². The van der Waals surface area contributed by atoms with E-state index in [0.29, 0.717) is 11.8 Å². The fourth-order valence-electron chi connectivity index (χ4n) is 5.66. The van der Waals surface area contributed by atoms with E-state index >= 15 is 0 Å². The van der Waals surface area contributed by atoms with Crippen LogP contribution in [0, 0.1) is 0 Å². The molecule has 5 aromatic rings. The van der Waals surface area contributed by atoms with Crippen LogP contribution in [0.5, 0.6) is 0 Å². The van der Waals surface area contributed by atoms with Gasteiger partial charge in [0.25, 0.3) is 0 Å². The number of rotatable bonds is 6. The third kappa shape index (κ3) is 4.04. The SMILES string of the molecule is CCc1cc2ncnn2cc1-c1[nH]c2ccc(C3CCN(Cc4ncco4)CC3)cc2c1C(C)C. The largest absolute Gasteiger partial charge is 0.448 e. The molecule has 7 nitrogen and oxygen atoms in total. The van der Waals surface area contributed by atoms with Crippen LogP contribution >= 0.6 is 0 Å². The number of oxazole rings is 1. The first kappa shape index (κ1) is 22.0. The van der Waals surface area contributed by atoms with Crippen LogP contribution in [0.4, 0.5) is 0 Å². The normalized spacial score (nSPS) is 15.7. The lowest BCUT2D eigenvalue weighted by Crippen LogP contribution is -2.32. The van der Waals surface area contributed by atoms with E-state index in [0.717, 1.165) is 50.4 Å². The molecule has 35 heavy (non-hydrogen) atoms. The number of aromatic amines is 1. The summed E-state index contributed by atoms with van der Waals surface area (Å²) < 4.78 is 7.32. The van der Waals surface area contributed by atoms with Gasteiger partial charge >= 0.3 is 0 Å². The molecule has 0 bridgehead atoms. The molecule has 0 spiro atoms. The molecule has 5 heterocycles. The number of pyridine rings is 1. The second-order valence-corrected chi connectivity index (χ2v) is 9.98. The van der Waals surface area contributed by atoms with Crippen LogP contribution in [0.25, 0.3) is 27.8 Å². The molecule has 0 unspecified atom stereocenters. The number of hydrogen-bond acceptors (Lipinski definition) is 5. The van der Waals surface area contributed by atoms with Crippen LogP contribution in [0.1, 0.15) is 68.0 Å². The zero-order valence-corrected chi connectivity index (χ0v) is 20.7. The van der Waals surface area contributed by atoms with E-state index in [1.54, 1.807) is 18.8 Å². The van der Waals surface area contributed by atoms with Crippen molar-refractivity contribution in [3.63, 3.8) is 0 Å². The summed E-state index contributed by atoms with van der Waals surface area (Å²) in [7, 11) is 0. The van der Waals surface area contributed by atoms with Crippen molar-refractivity contribution in [3.05, 3.63) is 71.8 Å². The molecule has 0 atom stereocenters. The van der Waals surface area contributed by atoms with Gasteiger partial charge in [0.2, 0.25) is 5.89 Å². The van der Waals surface area contributed by atoms with Crippen molar-refractivity contribution in [2.75, 3.05) is 13.1 Å². The molecule has 0 radical (unpaired) electrons. The van der Waals surface area contributed by atoms with Crippen LogP contribution in [0.15, 0.2) is 53.7 Å². The standard InChI is InChI=1S/C28H32N6O/c1-4-19-14-25-30-17-31-34(25)15-23(19)28-27(18(2)3)22-13-21(5-6-24(22)32-28)20-7-10-33(11-8-20)16-26-29-9-12-35-26/h5-6,9,12-15,17-18,20,32H,4,7-8,10-11,16H2,1-3H3. The van der Waals surface area contributed by atoms with Crippen molar-refractivity contribution in [3.8, 4) is 11.3 Å². The second kappa shape index (κ2) is 8.96. The second-order valence-electron chi connectivity index (χ2n) is 9.98. The Balaban J connectivity index is 1.33. The van der Waals surface area contributed by atoms with Gasteiger partial charge in [0, 0.05) is 22.7 Å². The zero-order chi connectivity index (χ0) is 23.9. The fourth-order valence-corrected chi connectivity index (χ4v) is 5.66. The molecule has 1 N–H and O–H groups in total. The Bertz CT molecular complexity index is 1450. The molecular formula is C28H32N6O. The minimum atomic E-state index is 0.396. The van der Waals surface area contributed by atoms with Gasteiger partial charge in [0.15, 0.2) is 5.65 Å². The Hall–Kier alpha value is -3.45. The molecule has 1 aliphatic heterocycles. The van der Waals surface area contributed by atoms with Crippen molar-refractivity contribution in [1.29, 1.82) is 0 Å². The van der Waals surface area contributed by atoms with Gasteiger partial charge in [-0.1, -0.05) is 26.8 Å². The highest BCUT2D eigenvalue weighted by atomic mass is 16.3. The summed E-state index contributed by atoms with van der Waals surface area (Å²) in [5.74, 6) is 1.78. The third-order valence-electron chi connectivity index (χ3n) is 7.49. The van der Waals surface area contributed by atoms with E-state index < -0.39 is 0 Å². The van der Waals surface area contributed by atoms with Crippen LogP contribution in [0.2, 0.25) is 0 Å². The molecule has 180 valence electrons. The summed E-state index contributed by atoms with van der Waals surface area (Å²) in [4.78, 5) is 14.9. The highest BCUT2D eigenvalue weighted by molar-refractivity contribution is 5.92. The van der Waals surface area contributed by atoms with E-state index in [1.165, 1.54) is 38.9 Å². The molecule has 0 amide bonds. The van der Waals surface area contributed by atoms with E-state index in [2.05, 4.69) is 76.2 Å². The summed E-state index contributed by atoms with van der Waals surface area (Å²) in [6, 6.07) is 9.20. The summed E-state index contributed by atoms with van der Waals surface area (Å²) in [5, 5.41) is 5.73. The predicted octanol–water partition coefficient (Wildman–Crippen LogP) is 5.93. The van der Waals surface area contributed by atoms with E-state index in [1.807, 2.05) is 4.52 Å². The Morgan fingerprint density at radius 1 is 1.14 bits per heavy atom. The third-order valence-corrected chi connectivity index (χ3v) is 7.49. The molecule has 0 aliphatic carbocycles. The molecule has 1 aromatic carbocycles. The average molecular weight is 469 g/mol. The lowest BCUT2D eigenvalue weighted by Gasteiger charge is -2.31. The van der Waals surface area contributed by atoms with Crippen molar-refractivity contribution in [2.45, 2.75) is 58.4 Å². The number of aryl methyl sites for hydroxylation is 1. The number of fused-ring (bicyclic) bond motifs is 2. The lowest BCUT2D eigenvalue weighted by atomic mass is 9.87. The van der Waals surface area contributed by atoms with Gasteiger partial charge in [-0.2, -0.15) is 5.10 Å². The van der Waals surface area contributed by atoms with Crippen molar-refractivity contribution in [2.24, 2.45) is 0 Å². The highest BCUT2D eigenvalue weighted by Gasteiger charge is 2.24. The van der Waals surface area contributed by atoms with Gasteiger partial charge in [-0.25, -0.2) is 14.5 Å². The number of aromatic nitrogens is 5. The van der Waals surface area contributed by atoms with Crippen molar-refractivity contribution in [1.82, 2.24) is 29.5 Å². The molecule has 0 saturated carbocycles. The first-order chi connectivity index (χ1) is 17.1. The zero-order valence-electron chi connectivity index (χ0n) is 20.7. The average Bonchev–Trinajstić information content (AvgIpc) is 3.62. The number of hydrogen-bond donors (Lipinski definition) is 1. The maximum Gasteiger partial charge on any atom is 0.208 e. The molecule has 7 heteroatoms. The predicted molar refractivity (Wildman–Crippen MR) is 138 cm³/mol. The maximum absolute atomic E-state index is 5.44. The molecule has 1 aliphatic rings. The van der Waals surface area contributed by atoms with Gasteiger partial charge in [0.1, 0.15) is 12.6 Å². The topological polar surface area (TPSA) is 75.2 Å². The highest BCUT2D eigenvalue weighted by Crippen LogP contribution is 2.39. The van der Waals surface area contributed by atoms with E-state index in [9.17, 15) is 0 Å². The summed E-state index contributed by atoms with van der Waals surface area (Å²) in [6.45, 7) is 9.72. The van der Waals surface area contributed by atoms with Gasteiger partial charge in [0.05, 0.1) is 18.4 Å². The number of nitrogens with zero attached hydrogens (tertiary/aromatic N) is 5. The molecule has 1 saturated heterocycles. The quantitative estimate of drug-likeness (QED) is 0.334. The van der Waals surface area contributed by atoms with Gasteiger partial charge in [-0.15, -0.1) is 0 Å². The van der Waals surface area contributed by atoms with Gasteiger partial charge in [-0.3, -0.25) is 4.90 Å². The van der Waals surface area contributed by atoms with Crippen molar-refractivity contribution < 1.29 is 4.42 Å². The Kier molecular flexibility index (Phi) is 5.65. The monoisotopic (exact) mass is 468 g/mol. The van der Waals surface area contributed by atoms with E-state index in [4.69, 9.17) is 4.42 Å². The van der Waals surface area contributed by atoms with Gasteiger partial charge < -0.3 is 9.40 Å². The molecule has 4 aromatic heterocycles. The maximum atomic E-state index is 5.44. The number of nitrogens with one attached hydrogen (secondary N) is 1. The number of benzene rings is 1. The van der Waals surface area contributed by atoms with Crippen LogP contribution in [-0.4, -0.2) is 42.6 Å². The van der Waals surface area contributed by atoms with Crippen LogP contribution in [-0.2, 0) is 13.0 Å². The Morgan fingerprint density at radius 3 is 2.74 bits per heavy atom. The first-order valence-corrected chi connectivity index (χ1v) is 12.7. The van der Waals surface area contributed by atoms with E-state index in [-0.39, 0.29) is 0 Å². The van der Waals surface area contributed by atoms with Crippen LogP contribution in [0.3, 0.4) is 0 Å². The number of likely N-dealkylation sites (tertiary alicyclic amines) is 1. The minimum absolute atomic E-state index is 0.396. The smallest absolute Gasteiger partial charge is 0.208 e. The fraction of sp³-hybridized carbons (Fsp3) is 0.393. The first-order valence-electron chi connectivity index (χ1n) is 12.7. The molecule has 1 fully saturated rings. The number of H-pyrrole nitrogens is 1. The molecular weight excluding hydrogens is 436 g/mol. The number of piperidine rings is 1. The van der Waals surface area contributed by atoms with Crippen molar-refractivity contribution >= 4 is 16.6 Å². The molecule has 6 rings (SSSR count). The van der Waals surface area contributed by atoms with Crippen LogP contribution < -0.4 is 0 Å².